The van der Waals surface area contributed by atoms with E-state index in [1.165, 1.54) is 11.8 Å². The molecule has 4 nitrogen and oxygen atoms in total. The first-order chi connectivity index (χ1) is 10.5. The van der Waals surface area contributed by atoms with Gasteiger partial charge < -0.3 is 15.1 Å². The van der Waals surface area contributed by atoms with E-state index in [4.69, 9.17) is 12.2 Å². The van der Waals surface area contributed by atoms with Gasteiger partial charge in [0.2, 0.25) is 0 Å². The first-order valence-corrected chi connectivity index (χ1v) is 9.02. The maximum Gasteiger partial charge on any atom is 0.263 e. The maximum absolute atomic E-state index is 11.9. The van der Waals surface area contributed by atoms with E-state index in [-0.39, 0.29) is 5.91 Å². The van der Waals surface area contributed by atoms with Gasteiger partial charge in [0.05, 0.1) is 4.91 Å². The van der Waals surface area contributed by atoms with Crippen LogP contribution < -0.4 is 10.2 Å². The van der Waals surface area contributed by atoms with E-state index in [0.717, 1.165) is 41.9 Å². The fourth-order valence-corrected chi connectivity index (χ4v) is 3.95. The second-order valence-electron chi connectivity index (χ2n) is 5.35. The van der Waals surface area contributed by atoms with Crippen LogP contribution in [0.3, 0.4) is 0 Å². The first kappa shape index (κ1) is 16.0. The topological polar surface area (TPSA) is 35.6 Å². The molecule has 0 radical (unpaired) electrons. The van der Waals surface area contributed by atoms with Gasteiger partial charge in [0.15, 0.2) is 0 Å². The predicted octanol–water partition coefficient (Wildman–Crippen LogP) is 2.69. The van der Waals surface area contributed by atoms with Gasteiger partial charge in [-0.15, -0.1) is 0 Å². The Morgan fingerprint density at radius 2 is 2.05 bits per heavy atom. The number of hydrogen-bond acceptors (Lipinski definition) is 5. The molecule has 0 aliphatic carbocycles. The maximum atomic E-state index is 11.9. The van der Waals surface area contributed by atoms with Crippen LogP contribution in [0, 0.1) is 0 Å². The van der Waals surface area contributed by atoms with Crippen molar-refractivity contribution in [1.29, 1.82) is 0 Å². The van der Waals surface area contributed by atoms with Crippen molar-refractivity contribution in [2.45, 2.75) is 0 Å². The largest absolute Gasteiger partial charge is 0.368 e. The van der Waals surface area contributed by atoms with E-state index in [1.807, 2.05) is 12.1 Å². The minimum Gasteiger partial charge on any atom is -0.368 e. The Morgan fingerprint density at radius 3 is 2.68 bits per heavy atom. The van der Waals surface area contributed by atoms with E-state index in [0.29, 0.717) is 9.23 Å². The van der Waals surface area contributed by atoms with Gasteiger partial charge in [-0.3, -0.25) is 4.79 Å². The summed E-state index contributed by atoms with van der Waals surface area (Å²) < 4.78 is 1.52. The van der Waals surface area contributed by atoms with Crippen LogP contribution in [0.15, 0.2) is 27.6 Å². The van der Waals surface area contributed by atoms with Crippen LogP contribution in [-0.2, 0) is 4.79 Å². The summed E-state index contributed by atoms with van der Waals surface area (Å²) in [5.74, 6) is -0.112. The highest BCUT2D eigenvalue weighted by Crippen LogP contribution is 2.32. The van der Waals surface area contributed by atoms with Crippen molar-refractivity contribution in [3.8, 4) is 0 Å². The molecule has 2 aliphatic heterocycles. The number of thioether (sulfide) groups is 1. The number of carbonyl (C=O) groups is 1. The zero-order valence-electron chi connectivity index (χ0n) is 12.1. The summed E-state index contributed by atoms with van der Waals surface area (Å²) in [4.78, 5) is 17.2. The molecule has 0 spiro atoms. The number of halogens is 1. The first-order valence-electron chi connectivity index (χ1n) is 7.01. The van der Waals surface area contributed by atoms with Crippen LogP contribution in [0.2, 0.25) is 0 Å². The molecule has 0 bridgehead atoms. The lowest BCUT2D eigenvalue weighted by Crippen LogP contribution is -2.44. The van der Waals surface area contributed by atoms with Crippen LogP contribution in [0.4, 0.5) is 5.69 Å². The summed E-state index contributed by atoms with van der Waals surface area (Å²) in [5, 5.41) is 2.66. The Morgan fingerprint density at radius 1 is 1.32 bits per heavy atom. The minimum atomic E-state index is -0.112. The zero-order chi connectivity index (χ0) is 15.7. The van der Waals surface area contributed by atoms with Gasteiger partial charge >= 0.3 is 0 Å². The molecule has 116 valence electrons. The standard InChI is InChI=1S/C15H16BrN3OS2/c1-18-4-6-19(7-5-18)12-3-2-11(16)8-10(12)9-13-14(20)17-15(21)22-13/h2-3,8-9H,4-7H2,1H3,(H,17,20,21)/b13-9-. The van der Waals surface area contributed by atoms with Gasteiger partial charge in [-0.1, -0.05) is 39.9 Å². The molecular formula is C15H16BrN3OS2. The van der Waals surface area contributed by atoms with Crippen LogP contribution >= 0.6 is 39.9 Å². The molecule has 1 N–H and O–H groups in total. The van der Waals surface area contributed by atoms with Gasteiger partial charge in [0.25, 0.3) is 5.91 Å². The minimum absolute atomic E-state index is 0.112. The second kappa shape index (κ2) is 6.70. The number of nitrogens with one attached hydrogen (secondary N) is 1. The number of amides is 1. The summed E-state index contributed by atoms with van der Waals surface area (Å²) in [6.07, 6.45) is 1.93. The van der Waals surface area contributed by atoms with Gasteiger partial charge in [-0.25, -0.2) is 0 Å². The highest BCUT2D eigenvalue weighted by molar-refractivity contribution is 9.10. The number of anilines is 1. The molecule has 22 heavy (non-hydrogen) atoms. The van der Waals surface area contributed by atoms with Crippen LogP contribution in [0.25, 0.3) is 6.08 Å². The van der Waals surface area contributed by atoms with Crippen molar-refractivity contribution in [2.75, 3.05) is 38.1 Å². The predicted molar refractivity (Wildman–Crippen MR) is 100 cm³/mol. The molecule has 0 atom stereocenters. The van der Waals surface area contributed by atoms with E-state index in [9.17, 15) is 4.79 Å². The molecule has 3 rings (SSSR count). The Hall–Kier alpha value is -0.890. The van der Waals surface area contributed by atoms with Crippen molar-refractivity contribution in [3.05, 3.63) is 33.1 Å². The number of thiocarbonyl (C=S) groups is 1. The highest BCUT2D eigenvalue weighted by Gasteiger charge is 2.23. The Balaban J connectivity index is 1.93. The number of piperazine rings is 1. The quantitative estimate of drug-likeness (QED) is 0.612. The summed E-state index contributed by atoms with van der Waals surface area (Å²) in [6.45, 7) is 4.08. The molecule has 0 saturated carbocycles. The molecule has 0 unspecified atom stereocenters. The molecule has 1 aromatic rings. The smallest absolute Gasteiger partial charge is 0.263 e. The van der Waals surface area contributed by atoms with E-state index >= 15 is 0 Å². The van der Waals surface area contributed by atoms with Crippen LogP contribution in [-0.4, -0.2) is 48.4 Å². The van der Waals surface area contributed by atoms with Crippen LogP contribution in [0.5, 0.6) is 0 Å². The van der Waals surface area contributed by atoms with Crippen molar-refractivity contribution < 1.29 is 4.79 Å². The van der Waals surface area contributed by atoms with Crippen molar-refractivity contribution in [1.82, 2.24) is 10.2 Å². The van der Waals surface area contributed by atoms with Crippen LogP contribution in [0.1, 0.15) is 5.56 Å². The number of hydrogen-bond donors (Lipinski definition) is 1. The van der Waals surface area contributed by atoms with E-state index < -0.39 is 0 Å². The number of likely N-dealkylation sites (N-methyl/N-ethyl adjacent to an activating group) is 1. The highest BCUT2D eigenvalue weighted by atomic mass is 79.9. The molecule has 2 heterocycles. The van der Waals surface area contributed by atoms with Gasteiger partial charge in [-0.2, -0.15) is 0 Å². The third-order valence-electron chi connectivity index (χ3n) is 3.76. The van der Waals surface area contributed by atoms with Crippen molar-refractivity contribution in [2.24, 2.45) is 0 Å². The van der Waals surface area contributed by atoms with Crippen molar-refractivity contribution in [3.63, 3.8) is 0 Å². The summed E-state index contributed by atoms with van der Waals surface area (Å²) in [7, 11) is 2.14. The fourth-order valence-electron chi connectivity index (χ4n) is 2.54. The molecule has 0 aromatic heterocycles. The molecule has 2 saturated heterocycles. The normalized spacial score (nSPS) is 21.5. The summed E-state index contributed by atoms with van der Waals surface area (Å²) in [6, 6.07) is 6.20. The lowest BCUT2D eigenvalue weighted by Gasteiger charge is -2.35. The van der Waals surface area contributed by atoms with Crippen molar-refractivity contribution >= 4 is 61.9 Å². The SMILES string of the molecule is CN1CCN(c2ccc(Br)cc2/C=C2\SC(=S)NC2=O)CC1. The Labute approximate surface area is 148 Å². The lowest BCUT2D eigenvalue weighted by atomic mass is 10.1. The molecule has 1 amide bonds. The second-order valence-corrected chi connectivity index (χ2v) is 7.98. The number of rotatable bonds is 2. The molecule has 2 aliphatic rings. The Bertz CT molecular complexity index is 654. The number of carbonyl (C=O) groups excluding carboxylic acids is 1. The average Bonchev–Trinajstić information content (AvgIpc) is 2.78. The zero-order valence-corrected chi connectivity index (χ0v) is 15.4. The molecule has 2 fully saturated rings. The van der Waals surface area contributed by atoms with Gasteiger partial charge in [0, 0.05) is 41.9 Å². The van der Waals surface area contributed by atoms with E-state index in [2.05, 4.69) is 50.2 Å². The average molecular weight is 398 g/mol. The number of nitrogens with zero attached hydrogens (tertiary/aromatic N) is 2. The van der Waals surface area contributed by atoms with E-state index in [1.54, 1.807) is 0 Å². The summed E-state index contributed by atoms with van der Waals surface area (Å²) >= 11 is 9.89. The monoisotopic (exact) mass is 397 g/mol. The Kier molecular flexibility index (Phi) is 4.87. The lowest BCUT2D eigenvalue weighted by molar-refractivity contribution is -0.115. The fraction of sp³-hybridized carbons (Fsp3) is 0.333. The third kappa shape index (κ3) is 3.53. The molecule has 7 heteroatoms. The molecule has 1 aromatic carbocycles. The van der Waals surface area contributed by atoms with Gasteiger partial charge in [-0.05, 0) is 31.3 Å². The number of benzene rings is 1. The third-order valence-corrected chi connectivity index (χ3v) is 5.42. The van der Waals surface area contributed by atoms with Gasteiger partial charge in [0.1, 0.15) is 4.32 Å². The molecular weight excluding hydrogens is 382 g/mol. The summed E-state index contributed by atoms with van der Waals surface area (Å²) in [5.41, 5.74) is 2.20.